The van der Waals surface area contributed by atoms with Crippen molar-refractivity contribution in [2.45, 2.75) is 19.4 Å². The molecule has 3 rings (SSSR count). The number of fused-ring (bicyclic) bond motifs is 1. The fourth-order valence-corrected chi connectivity index (χ4v) is 2.98. The van der Waals surface area contributed by atoms with Crippen molar-refractivity contribution < 1.29 is 17.6 Å². The number of thioether (sulfide) groups is 1. The first-order valence-corrected chi connectivity index (χ1v) is 9.92. The second kappa shape index (κ2) is 8.78. The Morgan fingerprint density at radius 3 is 2.69 bits per heavy atom. The molecule has 0 aliphatic rings. The number of hydrogen-bond donors (Lipinski definition) is 2. The van der Waals surface area contributed by atoms with E-state index in [1.807, 2.05) is 0 Å². The summed E-state index contributed by atoms with van der Waals surface area (Å²) >= 11 is 6.30. The molecule has 152 valence electrons. The van der Waals surface area contributed by atoms with Crippen molar-refractivity contribution in [2.75, 3.05) is 16.9 Å². The summed E-state index contributed by atoms with van der Waals surface area (Å²) in [5.74, 6) is -0.744. The molecule has 0 saturated carbocycles. The molecule has 2 heterocycles. The van der Waals surface area contributed by atoms with Crippen LogP contribution in [-0.4, -0.2) is 20.5 Å². The van der Waals surface area contributed by atoms with E-state index in [-0.39, 0.29) is 22.8 Å². The summed E-state index contributed by atoms with van der Waals surface area (Å²) in [4.78, 5) is 20.1. The smallest absolute Gasteiger partial charge is 0.361 e. The highest BCUT2D eigenvalue weighted by Gasteiger charge is 2.20. The lowest BCUT2D eigenvalue weighted by molar-refractivity contribution is 0.146. The molecular formula is C18H15F3N4O2S2. The summed E-state index contributed by atoms with van der Waals surface area (Å²) < 4.78 is 46.0. The molecule has 0 aliphatic heterocycles. The molecule has 2 N–H and O–H groups in total. The molecule has 0 amide bonds. The number of hydrogen-bond acceptors (Lipinski definition) is 7. The van der Waals surface area contributed by atoms with Crippen LogP contribution in [0.15, 0.2) is 39.8 Å². The van der Waals surface area contributed by atoms with E-state index in [4.69, 9.17) is 16.6 Å². The number of rotatable bonds is 5. The van der Waals surface area contributed by atoms with Gasteiger partial charge in [0.05, 0.1) is 17.0 Å². The van der Waals surface area contributed by atoms with Crippen molar-refractivity contribution >= 4 is 50.9 Å². The van der Waals surface area contributed by atoms with Crippen molar-refractivity contribution in [3.05, 3.63) is 58.0 Å². The van der Waals surface area contributed by atoms with Gasteiger partial charge in [0, 0.05) is 5.56 Å². The Hall–Kier alpha value is -2.66. The minimum Gasteiger partial charge on any atom is -0.402 e. The molecule has 0 spiro atoms. The van der Waals surface area contributed by atoms with Gasteiger partial charge in [0.1, 0.15) is 28.0 Å². The average molecular weight is 440 g/mol. The van der Waals surface area contributed by atoms with Crippen LogP contribution in [0.4, 0.5) is 24.7 Å². The van der Waals surface area contributed by atoms with Gasteiger partial charge in [-0.3, -0.25) is 0 Å². The van der Waals surface area contributed by atoms with E-state index in [0.717, 1.165) is 6.07 Å². The Labute approximate surface area is 172 Å². The third kappa shape index (κ3) is 4.51. The summed E-state index contributed by atoms with van der Waals surface area (Å²) in [6, 6.07) is 4.57. The van der Waals surface area contributed by atoms with Gasteiger partial charge in [-0.2, -0.15) is 0 Å². The summed E-state index contributed by atoms with van der Waals surface area (Å²) in [6.07, 6.45) is -0.00536. The molecule has 0 radical (unpaired) electrons. The van der Waals surface area contributed by atoms with Crippen LogP contribution in [0.1, 0.15) is 30.5 Å². The molecule has 0 bridgehead atoms. The standard InChI is InChI=1S/C18H15F3N4O2S2/c1-8(9-4-3-5-10(13(9)19)14(20)21)24-15-11-6-12(25-18(28)29-2)17(26)27-16(11)23-7-22-15/h3-8,14H,1-2H3,(H,25,28)(H,22,23,24)/t8-/m1/s1. The maximum absolute atomic E-state index is 14.5. The topological polar surface area (TPSA) is 80.1 Å². The zero-order valence-electron chi connectivity index (χ0n) is 15.2. The molecule has 0 saturated heterocycles. The van der Waals surface area contributed by atoms with Crippen molar-refractivity contribution in [1.29, 1.82) is 0 Å². The second-order valence-electron chi connectivity index (χ2n) is 5.92. The minimum atomic E-state index is -2.93. The molecule has 0 unspecified atom stereocenters. The van der Waals surface area contributed by atoms with E-state index in [9.17, 15) is 18.0 Å². The van der Waals surface area contributed by atoms with Crippen LogP contribution in [0, 0.1) is 5.82 Å². The number of aromatic nitrogens is 2. The molecule has 29 heavy (non-hydrogen) atoms. The molecule has 1 atom stereocenters. The van der Waals surface area contributed by atoms with Gasteiger partial charge >= 0.3 is 5.63 Å². The normalized spacial score (nSPS) is 12.2. The summed E-state index contributed by atoms with van der Waals surface area (Å²) in [5, 5.41) is 6.06. The van der Waals surface area contributed by atoms with Crippen LogP contribution in [0.25, 0.3) is 11.1 Å². The quantitative estimate of drug-likeness (QED) is 0.543. The van der Waals surface area contributed by atoms with Gasteiger partial charge in [-0.05, 0) is 19.2 Å². The number of anilines is 2. The van der Waals surface area contributed by atoms with Crippen molar-refractivity contribution in [2.24, 2.45) is 0 Å². The van der Waals surface area contributed by atoms with Gasteiger partial charge in [0.25, 0.3) is 6.43 Å². The Morgan fingerprint density at radius 2 is 2.00 bits per heavy atom. The highest BCUT2D eigenvalue weighted by molar-refractivity contribution is 8.22. The molecule has 0 fully saturated rings. The lowest BCUT2D eigenvalue weighted by Gasteiger charge is -2.18. The SMILES string of the molecule is CSC(=S)Nc1cc2c(N[C@H](C)c3cccc(C(F)F)c3F)ncnc2oc1=O. The van der Waals surface area contributed by atoms with E-state index in [0.29, 0.717) is 9.71 Å². The largest absolute Gasteiger partial charge is 0.402 e. The average Bonchev–Trinajstić information content (AvgIpc) is 2.68. The maximum atomic E-state index is 14.5. The minimum absolute atomic E-state index is 0.0159. The van der Waals surface area contributed by atoms with Crippen LogP contribution in [0.5, 0.6) is 0 Å². The molecule has 0 aliphatic carbocycles. The van der Waals surface area contributed by atoms with E-state index >= 15 is 0 Å². The van der Waals surface area contributed by atoms with Crippen molar-refractivity contribution in [1.82, 2.24) is 9.97 Å². The fraction of sp³-hybridized carbons (Fsp3) is 0.222. The first kappa shape index (κ1) is 21.1. The number of benzene rings is 1. The van der Waals surface area contributed by atoms with Crippen molar-refractivity contribution in [3.63, 3.8) is 0 Å². The third-order valence-corrected chi connectivity index (χ3v) is 5.16. The Balaban J connectivity index is 2.00. The number of nitrogens with zero attached hydrogens (tertiary/aromatic N) is 2. The zero-order valence-corrected chi connectivity index (χ0v) is 16.8. The van der Waals surface area contributed by atoms with E-state index < -0.39 is 29.5 Å². The van der Waals surface area contributed by atoms with Gasteiger partial charge < -0.3 is 15.1 Å². The summed E-state index contributed by atoms with van der Waals surface area (Å²) in [5.41, 5.74) is -1.18. The van der Waals surface area contributed by atoms with Gasteiger partial charge in [0.15, 0.2) is 0 Å². The second-order valence-corrected chi connectivity index (χ2v) is 7.41. The van der Waals surface area contributed by atoms with Gasteiger partial charge in [-0.15, -0.1) is 11.8 Å². The summed E-state index contributed by atoms with van der Waals surface area (Å²) in [7, 11) is 0. The summed E-state index contributed by atoms with van der Waals surface area (Å²) in [6.45, 7) is 1.60. The lowest BCUT2D eigenvalue weighted by atomic mass is 10.0. The Bertz CT molecular complexity index is 1120. The fourth-order valence-electron chi connectivity index (χ4n) is 2.65. The zero-order chi connectivity index (χ0) is 21.1. The maximum Gasteiger partial charge on any atom is 0.361 e. The first-order chi connectivity index (χ1) is 13.8. The highest BCUT2D eigenvalue weighted by atomic mass is 32.2. The van der Waals surface area contributed by atoms with Crippen LogP contribution in [0.2, 0.25) is 0 Å². The predicted octanol–water partition coefficient (Wildman–Crippen LogP) is 4.89. The van der Waals surface area contributed by atoms with Gasteiger partial charge in [-0.25, -0.2) is 27.9 Å². The van der Waals surface area contributed by atoms with E-state index in [1.54, 1.807) is 13.2 Å². The molecule has 1 aromatic carbocycles. The monoisotopic (exact) mass is 440 g/mol. The number of nitrogens with one attached hydrogen (secondary N) is 2. The molecule has 2 aromatic heterocycles. The number of alkyl halides is 2. The van der Waals surface area contributed by atoms with Crippen molar-refractivity contribution in [3.8, 4) is 0 Å². The number of halogens is 3. The van der Waals surface area contributed by atoms with Gasteiger partial charge in [0.2, 0.25) is 5.71 Å². The Morgan fingerprint density at radius 1 is 1.28 bits per heavy atom. The molecule has 6 nitrogen and oxygen atoms in total. The molecule has 3 aromatic rings. The Kier molecular flexibility index (Phi) is 6.38. The van der Waals surface area contributed by atoms with E-state index in [1.165, 1.54) is 36.3 Å². The van der Waals surface area contributed by atoms with Crippen LogP contribution in [0.3, 0.4) is 0 Å². The highest BCUT2D eigenvalue weighted by Crippen LogP contribution is 2.30. The lowest BCUT2D eigenvalue weighted by Crippen LogP contribution is -2.15. The third-order valence-electron chi connectivity index (χ3n) is 4.08. The van der Waals surface area contributed by atoms with Crippen LogP contribution >= 0.6 is 24.0 Å². The van der Waals surface area contributed by atoms with Crippen LogP contribution in [-0.2, 0) is 0 Å². The van der Waals surface area contributed by atoms with E-state index in [2.05, 4.69) is 20.6 Å². The van der Waals surface area contributed by atoms with Gasteiger partial charge in [-0.1, -0.05) is 30.4 Å². The number of thiocarbonyl (C=S) groups is 1. The first-order valence-electron chi connectivity index (χ1n) is 8.28. The predicted molar refractivity (Wildman–Crippen MR) is 111 cm³/mol. The molecule has 11 heteroatoms. The van der Waals surface area contributed by atoms with Crippen LogP contribution < -0.4 is 16.3 Å². The molecular weight excluding hydrogens is 425 g/mol.